The molecule has 10 nitrogen and oxygen atoms in total. The smallest absolute Gasteiger partial charge is 0.404 e. The molecule has 1 saturated carbocycles. The molecule has 0 saturated heterocycles. The lowest BCUT2D eigenvalue weighted by molar-refractivity contribution is -0.125. The van der Waals surface area contributed by atoms with Crippen LogP contribution in [0.2, 0.25) is 0 Å². The van der Waals surface area contributed by atoms with Gasteiger partial charge in [0.2, 0.25) is 5.91 Å². The number of ether oxygens (including phenoxy) is 2. The van der Waals surface area contributed by atoms with Gasteiger partial charge in [0, 0.05) is 24.4 Å². The fraction of sp³-hybridized carbons (Fsp3) is 0.808. The molecule has 7 N–H and O–H groups in total. The maximum absolute atomic E-state index is 12.1. The number of nitrogens with zero attached hydrogens (tertiary/aromatic N) is 1. The molecule has 2 rings (SSSR count). The van der Waals surface area contributed by atoms with Crippen molar-refractivity contribution in [3.8, 4) is 0 Å². The van der Waals surface area contributed by atoms with Crippen molar-refractivity contribution in [3.63, 3.8) is 0 Å². The van der Waals surface area contributed by atoms with E-state index in [-0.39, 0.29) is 23.5 Å². The number of hydrogen-bond acceptors (Lipinski definition) is 8. The number of nitrogens with two attached hydrogens (primary N) is 3. The number of rotatable bonds is 14. The van der Waals surface area contributed by atoms with Crippen molar-refractivity contribution in [1.29, 1.82) is 0 Å². The average Bonchev–Trinajstić information content (AvgIpc) is 3.46. The summed E-state index contributed by atoms with van der Waals surface area (Å²) in [5.74, 6) is 7.91. The third-order valence-electron chi connectivity index (χ3n) is 7.79. The molecule has 0 aromatic rings. The number of primary amides is 1. The summed E-state index contributed by atoms with van der Waals surface area (Å²) in [6.07, 6.45) is 5.00. The molecule has 10 heteroatoms. The maximum Gasteiger partial charge on any atom is 0.404 e. The summed E-state index contributed by atoms with van der Waals surface area (Å²) in [7, 11) is 0. The lowest BCUT2D eigenvalue weighted by atomic mass is 9.95. The largest absolute Gasteiger partial charge is 0.449 e. The molecule has 0 radical (unpaired) electrons. The lowest BCUT2D eigenvalue weighted by Gasteiger charge is -2.39. The van der Waals surface area contributed by atoms with Crippen molar-refractivity contribution in [2.45, 2.75) is 97.2 Å². The molecule has 0 aliphatic heterocycles. The Bertz CT molecular complexity index is 800. The number of hydrogen-bond donors (Lipinski definition) is 4. The van der Waals surface area contributed by atoms with Crippen LogP contribution in [0.3, 0.4) is 0 Å². The van der Waals surface area contributed by atoms with Crippen molar-refractivity contribution < 1.29 is 23.9 Å². The highest BCUT2D eigenvalue weighted by molar-refractivity contribution is 5.79. The Hall–Kier alpha value is -2.33. The highest BCUT2D eigenvalue weighted by Crippen LogP contribution is 2.54. The first-order chi connectivity index (χ1) is 16.9. The fourth-order valence-corrected chi connectivity index (χ4v) is 5.04. The second-order valence-electron chi connectivity index (χ2n) is 11.3. The van der Waals surface area contributed by atoms with Gasteiger partial charge in [-0.15, -0.1) is 0 Å². The van der Waals surface area contributed by atoms with Gasteiger partial charge >= 0.3 is 6.09 Å². The molecule has 36 heavy (non-hydrogen) atoms. The monoisotopic (exact) mass is 509 g/mol. The van der Waals surface area contributed by atoms with Crippen LogP contribution in [-0.4, -0.2) is 54.2 Å². The third-order valence-corrected chi connectivity index (χ3v) is 7.79. The van der Waals surface area contributed by atoms with E-state index in [4.69, 9.17) is 26.8 Å². The Morgan fingerprint density at radius 1 is 1.19 bits per heavy atom. The van der Waals surface area contributed by atoms with Crippen molar-refractivity contribution in [2.75, 3.05) is 13.2 Å². The van der Waals surface area contributed by atoms with Gasteiger partial charge in [-0.3, -0.25) is 4.79 Å². The van der Waals surface area contributed by atoms with Gasteiger partial charge in [0.25, 0.3) is 0 Å². The van der Waals surface area contributed by atoms with Gasteiger partial charge < -0.3 is 36.1 Å². The summed E-state index contributed by atoms with van der Waals surface area (Å²) in [4.78, 5) is 34.2. The molecule has 0 spiro atoms. The molecule has 2 aliphatic carbocycles. The third kappa shape index (κ3) is 8.65. The minimum absolute atomic E-state index is 0.0616. The van der Waals surface area contributed by atoms with E-state index in [0.29, 0.717) is 50.2 Å². The van der Waals surface area contributed by atoms with Crippen molar-refractivity contribution in [1.82, 2.24) is 10.3 Å². The molecule has 0 aromatic carbocycles. The van der Waals surface area contributed by atoms with E-state index in [0.717, 1.165) is 43.4 Å². The number of carbonyl (C=O) groups excluding carboxylic acids is 3. The summed E-state index contributed by atoms with van der Waals surface area (Å²) in [6, 6.07) is -0.458. The van der Waals surface area contributed by atoms with Crippen LogP contribution in [0.5, 0.6) is 0 Å². The van der Waals surface area contributed by atoms with E-state index in [2.05, 4.69) is 19.2 Å². The normalized spacial score (nSPS) is 25.7. The molecule has 206 valence electrons. The maximum atomic E-state index is 12.1. The Balaban J connectivity index is 1.78. The summed E-state index contributed by atoms with van der Waals surface area (Å²) in [5, 5.41) is 4.56. The second-order valence-corrected chi connectivity index (χ2v) is 11.3. The predicted molar refractivity (Wildman–Crippen MR) is 138 cm³/mol. The topological polar surface area (TPSA) is 163 Å². The zero-order chi connectivity index (χ0) is 27.0. The zero-order valence-corrected chi connectivity index (χ0v) is 22.6. The van der Waals surface area contributed by atoms with Crippen molar-refractivity contribution >= 4 is 18.3 Å². The minimum Gasteiger partial charge on any atom is -0.449 e. The van der Waals surface area contributed by atoms with Crippen LogP contribution in [0, 0.1) is 23.7 Å². The van der Waals surface area contributed by atoms with Gasteiger partial charge in [0.05, 0.1) is 24.3 Å². The van der Waals surface area contributed by atoms with E-state index in [1.54, 1.807) is 5.01 Å². The van der Waals surface area contributed by atoms with Crippen LogP contribution in [0.15, 0.2) is 11.4 Å². The molecule has 0 bridgehead atoms. The van der Waals surface area contributed by atoms with Gasteiger partial charge in [0.15, 0.2) is 0 Å². The summed E-state index contributed by atoms with van der Waals surface area (Å²) in [6.45, 7) is 10.8. The van der Waals surface area contributed by atoms with E-state index in [9.17, 15) is 14.4 Å². The number of nitrogens with one attached hydrogen (secondary N) is 1. The van der Waals surface area contributed by atoms with Crippen LogP contribution in [0.25, 0.3) is 0 Å². The summed E-state index contributed by atoms with van der Waals surface area (Å²) in [5.41, 5.74) is 13.0. The van der Waals surface area contributed by atoms with E-state index < -0.39 is 12.1 Å². The summed E-state index contributed by atoms with van der Waals surface area (Å²) >= 11 is 0. The molecular formula is C26H47N5O5. The number of allylic oxidation sites excluding steroid dienone is 2. The van der Waals surface area contributed by atoms with Gasteiger partial charge in [-0.25, -0.2) is 10.6 Å². The van der Waals surface area contributed by atoms with Gasteiger partial charge in [-0.2, -0.15) is 0 Å². The second kappa shape index (κ2) is 13.3. The molecule has 0 heterocycles. The van der Waals surface area contributed by atoms with Crippen LogP contribution in [0.1, 0.15) is 79.6 Å². The number of hydrazine groups is 1. The Kier molecular flexibility index (Phi) is 11.0. The predicted octanol–water partition coefficient (Wildman–Crippen LogP) is 2.56. The van der Waals surface area contributed by atoms with Gasteiger partial charge in [-0.1, -0.05) is 13.8 Å². The van der Waals surface area contributed by atoms with Crippen LogP contribution in [-0.2, 0) is 19.1 Å². The molecule has 0 aromatic heterocycles. The average molecular weight is 510 g/mol. The summed E-state index contributed by atoms with van der Waals surface area (Å²) < 4.78 is 11.0. The zero-order valence-electron chi connectivity index (χ0n) is 22.6. The van der Waals surface area contributed by atoms with E-state index >= 15 is 0 Å². The first kappa shape index (κ1) is 29.9. The quantitative estimate of drug-likeness (QED) is 0.158. The van der Waals surface area contributed by atoms with Crippen molar-refractivity contribution in [3.05, 3.63) is 11.4 Å². The molecule has 5 atom stereocenters. The van der Waals surface area contributed by atoms with Gasteiger partial charge in [0.1, 0.15) is 6.29 Å². The van der Waals surface area contributed by atoms with E-state index in [1.165, 1.54) is 0 Å². The lowest BCUT2D eigenvalue weighted by Crippen LogP contribution is -2.49. The highest BCUT2D eigenvalue weighted by atomic mass is 16.5. The first-order valence-electron chi connectivity index (χ1n) is 13.2. The van der Waals surface area contributed by atoms with Crippen LogP contribution in [0.4, 0.5) is 4.79 Å². The minimum atomic E-state index is -0.722. The molecular weight excluding hydrogens is 462 g/mol. The fourth-order valence-electron chi connectivity index (χ4n) is 5.04. The molecule has 5 unspecified atom stereocenters. The standard InChI is InChI=1S/C26H47N5O5/c1-16(2)22(14-32)30-24(33)11-6-17(3)35-13-12-26(4,5)31(29)23-10-8-19-18(7-9-21(23)27)20(19)15-36-25(28)34/h14,16-20,22H,6-13,15,27,29H2,1-5H3,(H2,28,34)(H,30,33)/b23-21-. The Morgan fingerprint density at radius 2 is 1.83 bits per heavy atom. The van der Waals surface area contributed by atoms with Crippen molar-refractivity contribution in [2.24, 2.45) is 41.0 Å². The van der Waals surface area contributed by atoms with Crippen LogP contribution >= 0.6 is 0 Å². The Labute approximate surface area is 215 Å². The highest BCUT2D eigenvalue weighted by Gasteiger charge is 2.50. The van der Waals surface area contributed by atoms with E-state index in [1.807, 2.05) is 20.8 Å². The first-order valence-corrected chi connectivity index (χ1v) is 13.2. The number of carbonyl (C=O) groups is 3. The number of fused-ring (bicyclic) bond motifs is 1. The van der Waals surface area contributed by atoms with Gasteiger partial charge in [-0.05, 0) is 83.0 Å². The molecule has 2 amide bonds. The number of amides is 2. The van der Waals surface area contributed by atoms with Crippen LogP contribution < -0.4 is 22.6 Å². The molecule has 1 fully saturated rings. The SMILES string of the molecule is CC(CCC(=O)NC(C=O)C(C)C)OCCC(C)(C)N(N)/C1=C(\N)CCC2C(CC1)C2COC(N)=O. The molecule has 2 aliphatic rings. The number of aldehydes is 1. The Morgan fingerprint density at radius 3 is 2.42 bits per heavy atom.